The van der Waals surface area contributed by atoms with E-state index in [1.807, 2.05) is 0 Å². The van der Waals surface area contributed by atoms with Gasteiger partial charge in [0.15, 0.2) is 0 Å². The highest BCUT2D eigenvalue weighted by atomic mass is 16.2. The quantitative estimate of drug-likeness (QED) is 0.579. The van der Waals surface area contributed by atoms with Crippen LogP contribution in [0.1, 0.15) is 24.3 Å². The number of hydrogen-bond acceptors (Lipinski definition) is 5. The fourth-order valence-electron chi connectivity index (χ4n) is 2.44. The van der Waals surface area contributed by atoms with Crippen LogP contribution >= 0.6 is 0 Å². The van der Waals surface area contributed by atoms with E-state index >= 15 is 0 Å². The normalized spacial score (nSPS) is 19.5. The number of nitrogens with zero attached hydrogens (tertiary/aromatic N) is 2. The van der Waals surface area contributed by atoms with Gasteiger partial charge >= 0.3 is 0 Å². The number of rotatable bonds is 1. The van der Waals surface area contributed by atoms with Crippen LogP contribution in [0, 0.1) is 0 Å². The summed E-state index contributed by atoms with van der Waals surface area (Å²) in [5.41, 5.74) is 7.23. The SMILES string of the molecule is Nc1cc(C2CCC(=O)NC2=O)c2cnncc2c1. The molecule has 0 spiro atoms. The second-order valence-electron chi connectivity index (χ2n) is 4.61. The molecule has 2 heterocycles. The molecule has 1 aliphatic rings. The molecule has 3 rings (SSSR count). The zero-order chi connectivity index (χ0) is 13.4. The molecule has 1 fully saturated rings. The van der Waals surface area contributed by atoms with Crippen molar-refractivity contribution >= 4 is 28.3 Å². The summed E-state index contributed by atoms with van der Waals surface area (Å²) in [4.78, 5) is 23.2. The number of hydrogen-bond donors (Lipinski definition) is 2. The lowest BCUT2D eigenvalue weighted by molar-refractivity contribution is -0.134. The molecule has 0 radical (unpaired) electrons. The molecule has 6 nitrogen and oxygen atoms in total. The lowest BCUT2D eigenvalue weighted by Crippen LogP contribution is -2.39. The molecule has 1 aromatic carbocycles. The van der Waals surface area contributed by atoms with Crippen molar-refractivity contribution < 1.29 is 9.59 Å². The van der Waals surface area contributed by atoms with E-state index in [2.05, 4.69) is 15.5 Å². The molecule has 1 saturated heterocycles. The number of carbonyl (C=O) groups is 2. The van der Waals surface area contributed by atoms with E-state index in [1.54, 1.807) is 24.5 Å². The van der Waals surface area contributed by atoms with E-state index in [0.29, 0.717) is 18.5 Å². The first-order chi connectivity index (χ1) is 9.15. The van der Waals surface area contributed by atoms with Gasteiger partial charge in [-0.2, -0.15) is 10.2 Å². The number of nitrogens with two attached hydrogens (primary N) is 1. The molecule has 96 valence electrons. The minimum atomic E-state index is -0.368. The Hall–Kier alpha value is -2.50. The summed E-state index contributed by atoms with van der Waals surface area (Å²) < 4.78 is 0. The van der Waals surface area contributed by atoms with E-state index in [9.17, 15) is 9.59 Å². The second-order valence-corrected chi connectivity index (χ2v) is 4.61. The summed E-state index contributed by atoms with van der Waals surface area (Å²) in [5.74, 6) is -0.873. The van der Waals surface area contributed by atoms with Gasteiger partial charge in [-0.3, -0.25) is 14.9 Å². The molecule has 19 heavy (non-hydrogen) atoms. The number of amides is 2. The Labute approximate surface area is 109 Å². The van der Waals surface area contributed by atoms with Gasteiger partial charge in [-0.05, 0) is 24.1 Å². The van der Waals surface area contributed by atoms with Crippen molar-refractivity contribution in [1.29, 1.82) is 0 Å². The maximum atomic E-state index is 12.0. The third-order valence-corrected chi connectivity index (χ3v) is 3.33. The number of carbonyl (C=O) groups excluding carboxylic acids is 2. The molecule has 0 bridgehead atoms. The molecule has 0 saturated carbocycles. The Morgan fingerprint density at radius 1 is 1.21 bits per heavy atom. The number of nitrogen functional groups attached to an aromatic ring is 1. The summed E-state index contributed by atoms with van der Waals surface area (Å²) >= 11 is 0. The van der Waals surface area contributed by atoms with E-state index in [-0.39, 0.29) is 17.7 Å². The van der Waals surface area contributed by atoms with E-state index < -0.39 is 0 Å². The first kappa shape index (κ1) is 11.6. The minimum absolute atomic E-state index is 0.228. The van der Waals surface area contributed by atoms with Crippen LogP contribution in [0.2, 0.25) is 0 Å². The van der Waals surface area contributed by atoms with Gasteiger partial charge in [-0.15, -0.1) is 0 Å². The highest BCUT2D eigenvalue weighted by Gasteiger charge is 2.29. The lowest BCUT2D eigenvalue weighted by atomic mass is 9.87. The zero-order valence-corrected chi connectivity index (χ0v) is 10.1. The number of benzene rings is 1. The van der Waals surface area contributed by atoms with E-state index in [0.717, 1.165) is 16.3 Å². The maximum Gasteiger partial charge on any atom is 0.234 e. The summed E-state index contributed by atoms with van der Waals surface area (Å²) in [6.45, 7) is 0. The average Bonchev–Trinajstić information content (AvgIpc) is 2.38. The average molecular weight is 256 g/mol. The fraction of sp³-hybridized carbons (Fsp3) is 0.231. The third-order valence-electron chi connectivity index (χ3n) is 3.33. The molecule has 2 aromatic rings. The molecule has 1 aliphatic heterocycles. The Morgan fingerprint density at radius 3 is 2.79 bits per heavy atom. The van der Waals surface area contributed by atoms with Crippen molar-refractivity contribution in [3.63, 3.8) is 0 Å². The van der Waals surface area contributed by atoms with Gasteiger partial charge in [-0.25, -0.2) is 0 Å². The summed E-state index contributed by atoms with van der Waals surface area (Å²) in [7, 11) is 0. The van der Waals surface area contributed by atoms with E-state index in [4.69, 9.17) is 5.73 Å². The van der Waals surface area contributed by atoms with Crippen LogP contribution < -0.4 is 11.1 Å². The molecule has 2 amide bonds. The second kappa shape index (κ2) is 4.31. The Balaban J connectivity index is 2.14. The van der Waals surface area contributed by atoms with Crippen molar-refractivity contribution in [2.45, 2.75) is 18.8 Å². The maximum absolute atomic E-state index is 12.0. The molecular weight excluding hydrogens is 244 g/mol. The van der Waals surface area contributed by atoms with Crippen molar-refractivity contribution in [2.75, 3.05) is 5.73 Å². The van der Waals surface area contributed by atoms with Crippen LogP contribution in [0.3, 0.4) is 0 Å². The Bertz CT molecular complexity index is 683. The van der Waals surface area contributed by atoms with Crippen LogP contribution in [-0.2, 0) is 9.59 Å². The summed E-state index contributed by atoms with van der Waals surface area (Å²) in [6.07, 6.45) is 4.06. The predicted octanol–water partition coefficient (Wildman–Crippen LogP) is 0.732. The summed E-state index contributed by atoms with van der Waals surface area (Å²) in [5, 5.41) is 11.7. The molecular formula is C13H12N4O2. The molecule has 6 heteroatoms. The third kappa shape index (κ3) is 2.01. The molecule has 1 unspecified atom stereocenters. The van der Waals surface area contributed by atoms with Gasteiger partial charge in [-0.1, -0.05) is 0 Å². The number of piperidine rings is 1. The predicted molar refractivity (Wildman–Crippen MR) is 69.1 cm³/mol. The van der Waals surface area contributed by atoms with Crippen molar-refractivity contribution in [1.82, 2.24) is 15.5 Å². The first-order valence-corrected chi connectivity index (χ1v) is 5.98. The lowest BCUT2D eigenvalue weighted by Gasteiger charge is -2.22. The largest absolute Gasteiger partial charge is 0.399 e. The first-order valence-electron chi connectivity index (χ1n) is 5.98. The Kier molecular flexibility index (Phi) is 2.63. The number of nitrogens with one attached hydrogen (secondary N) is 1. The van der Waals surface area contributed by atoms with Gasteiger partial charge in [0.2, 0.25) is 11.8 Å². The number of anilines is 1. The highest BCUT2D eigenvalue weighted by molar-refractivity contribution is 6.03. The molecule has 0 aliphatic carbocycles. The van der Waals surface area contributed by atoms with E-state index in [1.165, 1.54) is 0 Å². The molecule has 1 aromatic heterocycles. The van der Waals surface area contributed by atoms with Crippen molar-refractivity contribution in [3.05, 3.63) is 30.1 Å². The number of aromatic nitrogens is 2. The monoisotopic (exact) mass is 256 g/mol. The van der Waals surface area contributed by atoms with Gasteiger partial charge in [0.05, 0.1) is 18.3 Å². The fourth-order valence-corrected chi connectivity index (χ4v) is 2.44. The van der Waals surface area contributed by atoms with Crippen LogP contribution in [0.25, 0.3) is 10.8 Å². The Morgan fingerprint density at radius 2 is 2.00 bits per heavy atom. The van der Waals surface area contributed by atoms with Crippen LogP contribution in [0.4, 0.5) is 5.69 Å². The van der Waals surface area contributed by atoms with Gasteiger partial charge in [0.25, 0.3) is 0 Å². The topological polar surface area (TPSA) is 98.0 Å². The van der Waals surface area contributed by atoms with Crippen LogP contribution in [-0.4, -0.2) is 22.0 Å². The smallest absolute Gasteiger partial charge is 0.234 e. The van der Waals surface area contributed by atoms with Gasteiger partial charge < -0.3 is 5.73 Å². The van der Waals surface area contributed by atoms with Crippen molar-refractivity contribution in [2.24, 2.45) is 0 Å². The summed E-state index contributed by atoms with van der Waals surface area (Å²) in [6, 6.07) is 3.56. The standard InChI is InChI=1S/C13H12N4O2/c14-8-3-7-5-15-16-6-11(7)10(4-8)9-1-2-12(18)17-13(9)19/h3-6,9H,1-2,14H2,(H,17,18,19). The van der Waals surface area contributed by atoms with Gasteiger partial charge in [0, 0.05) is 22.9 Å². The van der Waals surface area contributed by atoms with Crippen LogP contribution in [0.15, 0.2) is 24.5 Å². The number of fused-ring (bicyclic) bond motifs is 1. The minimum Gasteiger partial charge on any atom is -0.399 e. The number of imide groups is 1. The van der Waals surface area contributed by atoms with Gasteiger partial charge in [0.1, 0.15) is 0 Å². The van der Waals surface area contributed by atoms with Crippen LogP contribution in [0.5, 0.6) is 0 Å². The molecule has 1 atom stereocenters. The molecule has 3 N–H and O–H groups in total. The zero-order valence-electron chi connectivity index (χ0n) is 10.1. The van der Waals surface area contributed by atoms with Crippen molar-refractivity contribution in [3.8, 4) is 0 Å². The highest BCUT2D eigenvalue weighted by Crippen LogP contribution is 2.32.